The van der Waals surface area contributed by atoms with Crippen LogP contribution in [0.25, 0.3) is 0 Å². The maximum absolute atomic E-state index is 12.1. The highest BCUT2D eigenvalue weighted by atomic mass is 32.1. The largest absolute Gasteiger partial charge is 0.392 e. The molecule has 2 N–H and O–H groups in total. The molecule has 1 amide bonds. The van der Waals surface area contributed by atoms with Crippen molar-refractivity contribution in [2.75, 3.05) is 5.32 Å². The van der Waals surface area contributed by atoms with Crippen LogP contribution in [-0.2, 0) is 17.8 Å². The van der Waals surface area contributed by atoms with E-state index in [9.17, 15) is 4.79 Å². The summed E-state index contributed by atoms with van der Waals surface area (Å²) in [7, 11) is -1.38. The van der Waals surface area contributed by atoms with Crippen molar-refractivity contribution in [2.24, 2.45) is 0 Å². The summed E-state index contributed by atoms with van der Waals surface area (Å²) in [6.07, 6.45) is 0.348. The molecule has 120 valence electrons. The highest BCUT2D eigenvalue weighted by Gasteiger charge is 2.09. The zero-order chi connectivity index (χ0) is 16.9. The SMILES string of the molecule is C[Si](C)(C)C#Cc1csc(CC(=O)Nc2ccc(CO)cc2)c1. The number of hydrogen-bond donors (Lipinski definition) is 2. The number of carbonyl (C=O) groups excluding carboxylic acids is 1. The second kappa shape index (κ2) is 7.60. The Bertz CT molecular complexity index is 733. The fourth-order valence-corrected chi connectivity index (χ4v) is 3.19. The number of anilines is 1. The van der Waals surface area contributed by atoms with Gasteiger partial charge < -0.3 is 10.4 Å². The van der Waals surface area contributed by atoms with Crippen LogP contribution < -0.4 is 5.32 Å². The third-order valence-electron chi connectivity index (χ3n) is 2.99. The van der Waals surface area contributed by atoms with Crippen molar-refractivity contribution in [3.05, 3.63) is 51.7 Å². The van der Waals surface area contributed by atoms with E-state index in [4.69, 9.17) is 5.11 Å². The fraction of sp³-hybridized carbons (Fsp3) is 0.278. The number of rotatable bonds is 4. The second-order valence-electron chi connectivity index (χ2n) is 6.38. The van der Waals surface area contributed by atoms with Crippen molar-refractivity contribution in [1.82, 2.24) is 0 Å². The molecule has 0 fully saturated rings. The van der Waals surface area contributed by atoms with Crippen molar-refractivity contribution < 1.29 is 9.90 Å². The summed E-state index contributed by atoms with van der Waals surface area (Å²) in [5.74, 6) is 3.16. The molecule has 0 radical (unpaired) electrons. The molecule has 5 heteroatoms. The second-order valence-corrected chi connectivity index (χ2v) is 12.1. The van der Waals surface area contributed by atoms with Crippen molar-refractivity contribution in [1.29, 1.82) is 0 Å². The van der Waals surface area contributed by atoms with Crippen LogP contribution in [0.4, 0.5) is 5.69 Å². The van der Waals surface area contributed by atoms with Gasteiger partial charge >= 0.3 is 0 Å². The number of carbonyl (C=O) groups is 1. The molecule has 1 heterocycles. The third kappa shape index (κ3) is 6.03. The zero-order valence-electron chi connectivity index (χ0n) is 13.6. The molecule has 3 nitrogen and oxygen atoms in total. The Balaban J connectivity index is 1.94. The van der Waals surface area contributed by atoms with E-state index in [2.05, 4.69) is 36.4 Å². The van der Waals surface area contributed by atoms with E-state index in [1.165, 1.54) is 0 Å². The molecule has 0 saturated heterocycles. The molecule has 0 bridgehead atoms. The molecule has 0 spiro atoms. The Morgan fingerprint density at radius 1 is 1.26 bits per heavy atom. The van der Waals surface area contributed by atoms with Crippen molar-refractivity contribution >= 4 is 31.0 Å². The number of benzene rings is 1. The van der Waals surface area contributed by atoms with E-state index < -0.39 is 8.07 Å². The number of thiophene rings is 1. The summed E-state index contributed by atoms with van der Waals surface area (Å²) < 4.78 is 0. The van der Waals surface area contributed by atoms with Gasteiger partial charge in [-0.15, -0.1) is 16.9 Å². The summed E-state index contributed by atoms with van der Waals surface area (Å²) >= 11 is 1.56. The lowest BCUT2D eigenvalue weighted by Gasteiger charge is -2.05. The van der Waals surface area contributed by atoms with Crippen LogP contribution in [0, 0.1) is 11.5 Å². The van der Waals surface area contributed by atoms with Gasteiger partial charge in [0.25, 0.3) is 0 Å². The standard InChI is InChI=1S/C18H21NO2SSi/c1-23(2,3)9-8-15-10-17(22-13-15)11-18(21)19-16-6-4-14(12-20)5-7-16/h4-7,10,13,20H,11-12H2,1-3H3,(H,19,21). The average Bonchev–Trinajstić information content (AvgIpc) is 2.92. The van der Waals surface area contributed by atoms with Gasteiger partial charge in [0.1, 0.15) is 8.07 Å². The Morgan fingerprint density at radius 2 is 1.96 bits per heavy atom. The normalized spacial score (nSPS) is 10.8. The molecule has 0 aliphatic carbocycles. The van der Waals surface area contributed by atoms with Gasteiger partial charge in [0.15, 0.2) is 0 Å². The topological polar surface area (TPSA) is 49.3 Å². The maximum atomic E-state index is 12.1. The summed E-state index contributed by atoms with van der Waals surface area (Å²) in [4.78, 5) is 13.1. The lowest BCUT2D eigenvalue weighted by molar-refractivity contribution is -0.115. The van der Waals surface area contributed by atoms with Gasteiger partial charge in [-0.25, -0.2) is 0 Å². The van der Waals surface area contributed by atoms with Crippen LogP contribution in [0.2, 0.25) is 19.6 Å². The van der Waals surface area contributed by atoms with E-state index in [1.54, 1.807) is 35.6 Å². The summed E-state index contributed by atoms with van der Waals surface area (Å²) in [5, 5.41) is 13.9. The highest BCUT2D eigenvalue weighted by Crippen LogP contribution is 2.16. The first-order chi connectivity index (χ1) is 10.9. The lowest BCUT2D eigenvalue weighted by Crippen LogP contribution is -2.16. The molecule has 2 aromatic rings. The number of amides is 1. The molecule has 1 aromatic carbocycles. The molecule has 0 saturated carbocycles. The summed E-state index contributed by atoms with van der Waals surface area (Å²) in [6.45, 7) is 6.64. The lowest BCUT2D eigenvalue weighted by atomic mass is 10.2. The Morgan fingerprint density at radius 3 is 2.57 bits per heavy atom. The summed E-state index contributed by atoms with van der Waals surface area (Å²) in [6, 6.07) is 9.17. The van der Waals surface area contributed by atoms with Gasteiger partial charge in [-0.05, 0) is 23.8 Å². The van der Waals surface area contributed by atoms with Gasteiger partial charge in [-0.3, -0.25) is 4.79 Å². The van der Waals surface area contributed by atoms with Crippen LogP contribution in [0.3, 0.4) is 0 Å². The van der Waals surface area contributed by atoms with Crippen LogP contribution in [0.5, 0.6) is 0 Å². The van der Waals surface area contributed by atoms with Crippen LogP contribution in [0.15, 0.2) is 35.7 Å². The van der Waals surface area contributed by atoms with E-state index >= 15 is 0 Å². The van der Waals surface area contributed by atoms with Crippen LogP contribution in [-0.4, -0.2) is 19.1 Å². The molecule has 23 heavy (non-hydrogen) atoms. The van der Waals surface area contributed by atoms with Crippen molar-refractivity contribution in [2.45, 2.75) is 32.7 Å². The molecule has 1 aromatic heterocycles. The van der Waals surface area contributed by atoms with E-state index in [0.717, 1.165) is 21.7 Å². The monoisotopic (exact) mass is 343 g/mol. The van der Waals surface area contributed by atoms with Gasteiger partial charge in [0.05, 0.1) is 13.0 Å². The first kappa shape index (κ1) is 17.5. The Kier molecular flexibility index (Phi) is 5.78. The molecular weight excluding hydrogens is 322 g/mol. The van der Waals surface area contributed by atoms with Gasteiger partial charge in [-0.1, -0.05) is 37.7 Å². The van der Waals surface area contributed by atoms with Crippen molar-refractivity contribution in [3.8, 4) is 11.5 Å². The molecule has 0 aliphatic heterocycles. The van der Waals surface area contributed by atoms with E-state index in [0.29, 0.717) is 6.42 Å². The number of aliphatic hydroxyl groups is 1. The van der Waals surface area contributed by atoms with Gasteiger partial charge in [0.2, 0.25) is 5.91 Å². The molecule has 2 rings (SSSR count). The molecule has 0 aliphatic rings. The predicted octanol–water partition coefficient (Wildman–Crippen LogP) is 3.65. The Labute approximate surface area is 142 Å². The van der Waals surface area contributed by atoms with Gasteiger partial charge in [0, 0.05) is 21.5 Å². The maximum Gasteiger partial charge on any atom is 0.229 e. The molecular formula is C18H21NO2SSi. The molecule has 0 unspecified atom stereocenters. The smallest absolute Gasteiger partial charge is 0.229 e. The van der Waals surface area contributed by atoms with Crippen LogP contribution >= 0.6 is 11.3 Å². The van der Waals surface area contributed by atoms with Crippen LogP contribution in [0.1, 0.15) is 16.0 Å². The zero-order valence-corrected chi connectivity index (χ0v) is 15.5. The quantitative estimate of drug-likeness (QED) is 0.657. The Hall–Kier alpha value is -1.87. The number of hydrogen-bond acceptors (Lipinski definition) is 3. The van der Waals surface area contributed by atoms with E-state index in [-0.39, 0.29) is 12.5 Å². The van der Waals surface area contributed by atoms with Crippen molar-refractivity contribution in [3.63, 3.8) is 0 Å². The molecule has 0 atom stereocenters. The minimum absolute atomic E-state index is 0.00462. The predicted molar refractivity (Wildman–Crippen MR) is 99.2 cm³/mol. The third-order valence-corrected chi connectivity index (χ3v) is 4.80. The summed E-state index contributed by atoms with van der Waals surface area (Å²) in [5.41, 5.74) is 5.89. The van der Waals surface area contributed by atoms with Gasteiger partial charge in [-0.2, -0.15) is 0 Å². The number of aliphatic hydroxyl groups excluding tert-OH is 1. The highest BCUT2D eigenvalue weighted by molar-refractivity contribution is 7.10. The minimum Gasteiger partial charge on any atom is -0.392 e. The fourth-order valence-electron chi connectivity index (χ4n) is 1.86. The average molecular weight is 344 g/mol. The first-order valence-electron chi connectivity index (χ1n) is 7.46. The number of nitrogens with one attached hydrogen (secondary N) is 1. The first-order valence-corrected chi connectivity index (χ1v) is 11.8. The van der Waals surface area contributed by atoms with E-state index in [1.807, 2.05) is 11.4 Å². The minimum atomic E-state index is -1.38.